The molecule has 0 unspecified atom stereocenters. The molecular weight excluding hydrogens is 364 g/mol. The minimum Gasteiger partial charge on any atom is -0.379 e. The molecule has 2 aromatic rings. The van der Waals surface area contributed by atoms with E-state index in [1.807, 2.05) is 76.2 Å². The lowest BCUT2D eigenvalue weighted by atomic mass is 10.0. The number of amides is 2. The maximum Gasteiger partial charge on any atom is 0.278 e. The number of carbonyl (C=O) groups is 2. The van der Waals surface area contributed by atoms with Crippen LogP contribution in [0.2, 0.25) is 0 Å². The zero-order valence-electron chi connectivity index (χ0n) is 17.5. The van der Waals surface area contributed by atoms with Crippen LogP contribution in [-0.2, 0) is 14.3 Å². The largest absolute Gasteiger partial charge is 0.379 e. The summed E-state index contributed by atoms with van der Waals surface area (Å²) >= 11 is 0. The van der Waals surface area contributed by atoms with Gasteiger partial charge in [-0.05, 0) is 56.9 Å². The van der Waals surface area contributed by atoms with Gasteiger partial charge in [-0.1, -0.05) is 42.5 Å². The third kappa shape index (κ3) is 4.74. The van der Waals surface area contributed by atoms with Gasteiger partial charge in [0.1, 0.15) is 5.70 Å². The predicted molar refractivity (Wildman–Crippen MR) is 115 cm³/mol. The minimum atomic E-state index is -0.292. The molecule has 1 N–H and O–H groups in total. The number of hydrogen-bond donors (Lipinski definition) is 1. The fourth-order valence-electron chi connectivity index (χ4n) is 3.31. The van der Waals surface area contributed by atoms with E-state index >= 15 is 0 Å². The molecule has 5 nitrogen and oxygen atoms in total. The average molecular weight is 392 g/mol. The molecule has 152 valence electrons. The smallest absolute Gasteiger partial charge is 0.278 e. The summed E-state index contributed by atoms with van der Waals surface area (Å²) in [5.41, 5.74) is 4.42. The van der Waals surface area contributed by atoms with E-state index in [0.717, 1.165) is 22.4 Å². The maximum absolute atomic E-state index is 13.2. The van der Waals surface area contributed by atoms with Gasteiger partial charge in [0.05, 0.1) is 11.7 Å². The molecule has 5 heteroatoms. The molecule has 0 atom stereocenters. The molecule has 0 spiro atoms. The first-order chi connectivity index (χ1) is 13.9. The molecule has 0 saturated heterocycles. The van der Waals surface area contributed by atoms with E-state index in [0.29, 0.717) is 30.8 Å². The van der Waals surface area contributed by atoms with Crippen LogP contribution in [0, 0.1) is 13.8 Å². The summed E-state index contributed by atoms with van der Waals surface area (Å²) < 4.78 is 5.56. The minimum absolute atomic E-state index is 0.125. The Morgan fingerprint density at radius 3 is 2.41 bits per heavy atom. The molecule has 3 rings (SSSR count). The number of aryl methyl sites for hydroxylation is 2. The fraction of sp³-hybridized carbons (Fsp3) is 0.333. The van der Waals surface area contributed by atoms with E-state index in [2.05, 4.69) is 5.32 Å². The summed E-state index contributed by atoms with van der Waals surface area (Å²) in [5.74, 6) is -0.558. The third-order valence-corrected chi connectivity index (χ3v) is 4.86. The van der Waals surface area contributed by atoms with Crippen molar-refractivity contribution in [1.29, 1.82) is 0 Å². The van der Waals surface area contributed by atoms with Gasteiger partial charge in [0.2, 0.25) is 0 Å². The highest BCUT2D eigenvalue weighted by Gasteiger charge is 2.38. The Morgan fingerprint density at radius 1 is 1.00 bits per heavy atom. The number of imide groups is 1. The molecular formula is C24H28N2O3. The van der Waals surface area contributed by atoms with Gasteiger partial charge in [0, 0.05) is 18.8 Å². The number of benzene rings is 2. The van der Waals surface area contributed by atoms with Crippen molar-refractivity contribution in [2.45, 2.75) is 40.2 Å². The summed E-state index contributed by atoms with van der Waals surface area (Å²) in [6, 6.07) is 15.4. The Bertz CT molecular complexity index is 932. The van der Waals surface area contributed by atoms with Crippen LogP contribution < -0.4 is 5.32 Å². The molecule has 0 saturated carbocycles. The molecule has 0 bridgehead atoms. The highest BCUT2D eigenvalue weighted by Crippen LogP contribution is 2.31. The molecule has 0 radical (unpaired) electrons. The van der Waals surface area contributed by atoms with Crippen LogP contribution in [0.25, 0.3) is 5.57 Å². The lowest BCUT2D eigenvalue weighted by molar-refractivity contribution is -0.137. The van der Waals surface area contributed by atoms with E-state index in [1.54, 1.807) is 0 Å². The van der Waals surface area contributed by atoms with E-state index in [4.69, 9.17) is 4.74 Å². The second kappa shape index (κ2) is 9.05. The van der Waals surface area contributed by atoms with E-state index in [1.165, 1.54) is 4.90 Å². The fourth-order valence-corrected chi connectivity index (χ4v) is 3.31. The van der Waals surface area contributed by atoms with Crippen LogP contribution in [0.15, 0.2) is 54.2 Å². The van der Waals surface area contributed by atoms with Crippen molar-refractivity contribution in [3.63, 3.8) is 0 Å². The van der Waals surface area contributed by atoms with Gasteiger partial charge in [-0.2, -0.15) is 0 Å². The van der Waals surface area contributed by atoms with E-state index in [-0.39, 0.29) is 17.9 Å². The quantitative estimate of drug-likeness (QED) is 0.537. The lowest BCUT2D eigenvalue weighted by Gasteiger charge is -2.16. The number of rotatable bonds is 8. The lowest BCUT2D eigenvalue weighted by Crippen LogP contribution is -2.34. The molecule has 1 aliphatic heterocycles. The van der Waals surface area contributed by atoms with Crippen LogP contribution in [-0.4, -0.2) is 36.0 Å². The van der Waals surface area contributed by atoms with Crippen LogP contribution in [0.3, 0.4) is 0 Å². The maximum atomic E-state index is 13.2. The number of hydrogen-bond acceptors (Lipinski definition) is 4. The monoisotopic (exact) mass is 392 g/mol. The summed E-state index contributed by atoms with van der Waals surface area (Å²) in [6.07, 6.45) is 0.730. The first kappa shape index (κ1) is 20.8. The van der Waals surface area contributed by atoms with Gasteiger partial charge < -0.3 is 10.1 Å². The van der Waals surface area contributed by atoms with Crippen molar-refractivity contribution in [2.75, 3.05) is 18.5 Å². The summed E-state index contributed by atoms with van der Waals surface area (Å²) in [6.45, 7) is 8.75. The van der Waals surface area contributed by atoms with E-state index < -0.39 is 0 Å². The van der Waals surface area contributed by atoms with Crippen LogP contribution in [0.1, 0.15) is 37.0 Å². The van der Waals surface area contributed by atoms with Crippen molar-refractivity contribution in [3.8, 4) is 0 Å². The van der Waals surface area contributed by atoms with Crippen molar-refractivity contribution in [2.24, 2.45) is 0 Å². The van der Waals surface area contributed by atoms with Crippen LogP contribution >= 0.6 is 0 Å². The zero-order chi connectivity index (χ0) is 21.0. The van der Waals surface area contributed by atoms with E-state index in [9.17, 15) is 9.59 Å². The second-order valence-electron chi connectivity index (χ2n) is 7.59. The first-order valence-corrected chi connectivity index (χ1v) is 10.00. The van der Waals surface area contributed by atoms with Gasteiger partial charge in [0.15, 0.2) is 0 Å². The summed E-state index contributed by atoms with van der Waals surface area (Å²) in [7, 11) is 0. The first-order valence-electron chi connectivity index (χ1n) is 10.00. The Kier molecular flexibility index (Phi) is 6.49. The van der Waals surface area contributed by atoms with Crippen molar-refractivity contribution in [1.82, 2.24) is 4.90 Å². The van der Waals surface area contributed by atoms with Crippen molar-refractivity contribution < 1.29 is 14.3 Å². The molecule has 0 aromatic heterocycles. The molecule has 0 fully saturated rings. The normalized spacial score (nSPS) is 14.3. The Morgan fingerprint density at radius 2 is 1.72 bits per heavy atom. The third-order valence-electron chi connectivity index (χ3n) is 4.86. The van der Waals surface area contributed by atoms with Gasteiger partial charge in [-0.25, -0.2) is 0 Å². The predicted octanol–water partition coefficient (Wildman–Crippen LogP) is 4.31. The summed E-state index contributed by atoms with van der Waals surface area (Å²) in [4.78, 5) is 27.7. The average Bonchev–Trinajstić information content (AvgIpc) is 2.92. The number of ether oxygens (including phenoxy) is 1. The highest BCUT2D eigenvalue weighted by atomic mass is 16.5. The molecule has 1 heterocycles. The standard InChI is InChI=1S/C24H28N2O3/c1-16(2)29-14-8-13-26-23(27)21(19-9-6-5-7-10-19)22(24(26)28)25-20-15-17(3)11-12-18(20)4/h5-7,9-12,15-16,25H,8,13-14H2,1-4H3. The molecule has 2 aromatic carbocycles. The zero-order valence-corrected chi connectivity index (χ0v) is 17.5. The van der Waals surface area contributed by atoms with Gasteiger partial charge in [-0.3, -0.25) is 14.5 Å². The van der Waals surface area contributed by atoms with Crippen LogP contribution in [0.5, 0.6) is 0 Å². The SMILES string of the molecule is Cc1ccc(C)c(NC2=C(c3ccccc3)C(=O)N(CCCOC(C)C)C2=O)c1. The van der Waals surface area contributed by atoms with Crippen LogP contribution in [0.4, 0.5) is 5.69 Å². The number of nitrogens with zero attached hydrogens (tertiary/aromatic N) is 1. The summed E-state index contributed by atoms with van der Waals surface area (Å²) in [5, 5.41) is 3.25. The van der Waals surface area contributed by atoms with Crippen molar-refractivity contribution >= 4 is 23.1 Å². The highest BCUT2D eigenvalue weighted by molar-refractivity contribution is 6.36. The Hall–Kier alpha value is -2.92. The Labute approximate surface area is 172 Å². The molecule has 29 heavy (non-hydrogen) atoms. The topological polar surface area (TPSA) is 58.6 Å². The number of anilines is 1. The molecule has 0 aliphatic carbocycles. The molecule has 1 aliphatic rings. The van der Waals surface area contributed by atoms with Gasteiger partial charge in [0.25, 0.3) is 11.8 Å². The van der Waals surface area contributed by atoms with Gasteiger partial charge >= 0.3 is 0 Å². The Balaban J connectivity index is 1.91. The second-order valence-corrected chi connectivity index (χ2v) is 7.59. The number of carbonyl (C=O) groups excluding carboxylic acids is 2. The van der Waals surface area contributed by atoms with Crippen molar-refractivity contribution in [3.05, 3.63) is 70.9 Å². The number of nitrogens with one attached hydrogen (secondary N) is 1. The molecule has 2 amide bonds. The van der Waals surface area contributed by atoms with Gasteiger partial charge in [-0.15, -0.1) is 0 Å².